The highest BCUT2D eigenvalue weighted by Crippen LogP contribution is 2.48. The van der Waals surface area contributed by atoms with E-state index in [9.17, 15) is 9.18 Å². The minimum absolute atomic E-state index is 0.0646. The van der Waals surface area contributed by atoms with Gasteiger partial charge in [0.05, 0.1) is 5.54 Å². The molecule has 96 valence electrons. The van der Waals surface area contributed by atoms with Crippen molar-refractivity contribution in [3.8, 4) is 0 Å². The zero-order chi connectivity index (χ0) is 12.8. The van der Waals surface area contributed by atoms with Gasteiger partial charge in [0.1, 0.15) is 5.82 Å². The van der Waals surface area contributed by atoms with Gasteiger partial charge >= 0.3 is 0 Å². The van der Waals surface area contributed by atoms with Gasteiger partial charge in [-0.2, -0.15) is 0 Å². The molecular weight excluding hydrogens is 231 g/mol. The first-order chi connectivity index (χ1) is 8.54. The van der Waals surface area contributed by atoms with Crippen LogP contribution in [0.15, 0.2) is 24.3 Å². The highest BCUT2D eigenvalue weighted by atomic mass is 19.1. The van der Waals surface area contributed by atoms with E-state index in [1.807, 2.05) is 6.07 Å². The molecule has 2 fully saturated rings. The SMILES string of the molecule is NC1(C(=O)NCC2(c3cccc(F)c3)CC2)CC1. The van der Waals surface area contributed by atoms with E-state index in [-0.39, 0.29) is 17.1 Å². The Labute approximate surface area is 106 Å². The molecule has 0 unspecified atom stereocenters. The van der Waals surface area contributed by atoms with Crippen LogP contribution in [-0.2, 0) is 10.2 Å². The fourth-order valence-corrected chi connectivity index (χ4v) is 2.32. The summed E-state index contributed by atoms with van der Waals surface area (Å²) in [7, 11) is 0. The van der Waals surface area contributed by atoms with E-state index in [2.05, 4.69) is 5.32 Å². The van der Waals surface area contributed by atoms with E-state index < -0.39 is 5.54 Å². The molecular formula is C14H17FN2O. The van der Waals surface area contributed by atoms with Crippen LogP contribution < -0.4 is 11.1 Å². The zero-order valence-electron chi connectivity index (χ0n) is 10.2. The fourth-order valence-electron chi connectivity index (χ4n) is 2.32. The number of nitrogens with one attached hydrogen (secondary N) is 1. The first kappa shape index (κ1) is 11.7. The van der Waals surface area contributed by atoms with Crippen LogP contribution in [0.25, 0.3) is 0 Å². The van der Waals surface area contributed by atoms with Crippen LogP contribution in [0.2, 0.25) is 0 Å². The number of hydrogen-bond donors (Lipinski definition) is 2. The topological polar surface area (TPSA) is 55.1 Å². The van der Waals surface area contributed by atoms with Gasteiger partial charge in [-0.05, 0) is 43.4 Å². The molecule has 0 spiro atoms. The number of halogens is 1. The highest BCUT2D eigenvalue weighted by molar-refractivity contribution is 5.89. The molecule has 3 rings (SSSR count). The van der Waals surface area contributed by atoms with Gasteiger partial charge < -0.3 is 11.1 Å². The fraction of sp³-hybridized carbons (Fsp3) is 0.500. The summed E-state index contributed by atoms with van der Waals surface area (Å²) in [5.74, 6) is -0.284. The van der Waals surface area contributed by atoms with E-state index in [4.69, 9.17) is 5.73 Å². The van der Waals surface area contributed by atoms with Gasteiger partial charge in [-0.25, -0.2) is 4.39 Å². The first-order valence-corrected chi connectivity index (χ1v) is 6.37. The molecule has 0 aliphatic heterocycles. The summed E-state index contributed by atoms with van der Waals surface area (Å²) >= 11 is 0. The average molecular weight is 248 g/mol. The van der Waals surface area contributed by atoms with E-state index in [1.165, 1.54) is 6.07 Å². The van der Waals surface area contributed by atoms with Crippen molar-refractivity contribution in [2.75, 3.05) is 6.54 Å². The molecule has 18 heavy (non-hydrogen) atoms. The van der Waals surface area contributed by atoms with Gasteiger partial charge in [-0.3, -0.25) is 4.79 Å². The molecule has 3 nitrogen and oxygen atoms in total. The van der Waals surface area contributed by atoms with Crippen molar-refractivity contribution >= 4 is 5.91 Å². The van der Waals surface area contributed by atoms with Gasteiger partial charge in [0.25, 0.3) is 0 Å². The molecule has 0 bridgehead atoms. The predicted molar refractivity (Wildman–Crippen MR) is 66.5 cm³/mol. The number of carbonyl (C=O) groups excluding carboxylic acids is 1. The molecule has 1 aromatic rings. The van der Waals surface area contributed by atoms with Crippen LogP contribution in [0, 0.1) is 5.82 Å². The Morgan fingerprint density at radius 2 is 2.06 bits per heavy atom. The standard InChI is InChI=1S/C14H17FN2O/c15-11-3-1-2-10(8-11)13(4-5-13)9-17-12(18)14(16)6-7-14/h1-3,8H,4-7,9,16H2,(H,17,18). The quantitative estimate of drug-likeness (QED) is 0.847. The van der Waals surface area contributed by atoms with Crippen molar-refractivity contribution in [1.82, 2.24) is 5.32 Å². The highest BCUT2D eigenvalue weighted by Gasteiger charge is 2.49. The Kier molecular flexibility index (Phi) is 2.45. The predicted octanol–water partition coefficient (Wildman–Crippen LogP) is 1.46. The summed E-state index contributed by atoms with van der Waals surface area (Å²) in [6.45, 7) is 0.564. The van der Waals surface area contributed by atoms with Crippen molar-refractivity contribution in [1.29, 1.82) is 0 Å². The van der Waals surface area contributed by atoms with Crippen LogP contribution in [0.1, 0.15) is 31.2 Å². The lowest BCUT2D eigenvalue weighted by atomic mass is 9.95. The third-order valence-corrected chi connectivity index (χ3v) is 4.12. The molecule has 1 amide bonds. The summed E-state index contributed by atoms with van der Waals surface area (Å²) in [6.07, 6.45) is 3.53. The third kappa shape index (κ3) is 2.01. The maximum Gasteiger partial charge on any atom is 0.240 e. The van der Waals surface area contributed by atoms with Gasteiger partial charge in [0.2, 0.25) is 5.91 Å². The molecule has 2 aliphatic carbocycles. The Bertz CT molecular complexity index is 492. The molecule has 1 aromatic carbocycles. The molecule has 0 aromatic heterocycles. The molecule has 3 N–H and O–H groups in total. The number of amides is 1. The van der Waals surface area contributed by atoms with Crippen molar-refractivity contribution in [2.24, 2.45) is 5.73 Å². The van der Waals surface area contributed by atoms with E-state index in [1.54, 1.807) is 12.1 Å². The first-order valence-electron chi connectivity index (χ1n) is 6.37. The molecule has 0 heterocycles. The van der Waals surface area contributed by atoms with Crippen molar-refractivity contribution in [3.63, 3.8) is 0 Å². The summed E-state index contributed by atoms with van der Waals surface area (Å²) < 4.78 is 13.2. The minimum atomic E-state index is -0.627. The van der Waals surface area contributed by atoms with Gasteiger partial charge in [0.15, 0.2) is 0 Å². The maximum absolute atomic E-state index is 13.2. The number of benzene rings is 1. The number of nitrogens with two attached hydrogens (primary N) is 1. The normalized spacial score (nSPS) is 22.3. The zero-order valence-corrected chi connectivity index (χ0v) is 10.2. The molecule has 0 radical (unpaired) electrons. The maximum atomic E-state index is 13.2. The summed E-state index contributed by atoms with van der Waals surface area (Å²) in [4.78, 5) is 11.8. The molecule has 2 aliphatic rings. The van der Waals surface area contributed by atoms with Crippen LogP contribution in [0.4, 0.5) is 4.39 Å². The lowest BCUT2D eigenvalue weighted by Gasteiger charge is -2.18. The van der Waals surface area contributed by atoms with Crippen molar-refractivity contribution in [2.45, 2.75) is 36.6 Å². The van der Waals surface area contributed by atoms with Crippen LogP contribution in [0.3, 0.4) is 0 Å². The smallest absolute Gasteiger partial charge is 0.240 e. The largest absolute Gasteiger partial charge is 0.354 e. The lowest BCUT2D eigenvalue weighted by Crippen LogP contribution is -2.45. The van der Waals surface area contributed by atoms with Gasteiger partial charge in [0, 0.05) is 12.0 Å². The van der Waals surface area contributed by atoms with E-state index in [0.717, 1.165) is 31.2 Å². The molecule has 4 heteroatoms. The van der Waals surface area contributed by atoms with Crippen molar-refractivity contribution < 1.29 is 9.18 Å². The second kappa shape index (κ2) is 3.79. The average Bonchev–Trinajstić information content (AvgIpc) is 3.24. The Balaban J connectivity index is 1.67. The second-order valence-electron chi connectivity index (χ2n) is 5.63. The van der Waals surface area contributed by atoms with Crippen LogP contribution in [0.5, 0.6) is 0 Å². The van der Waals surface area contributed by atoms with Gasteiger partial charge in [-0.1, -0.05) is 12.1 Å². The van der Waals surface area contributed by atoms with E-state index in [0.29, 0.717) is 6.54 Å². The Hall–Kier alpha value is -1.42. The monoisotopic (exact) mass is 248 g/mol. The van der Waals surface area contributed by atoms with Crippen LogP contribution >= 0.6 is 0 Å². The minimum Gasteiger partial charge on any atom is -0.354 e. The lowest BCUT2D eigenvalue weighted by molar-refractivity contribution is -0.123. The number of hydrogen-bond acceptors (Lipinski definition) is 2. The van der Waals surface area contributed by atoms with Gasteiger partial charge in [-0.15, -0.1) is 0 Å². The summed E-state index contributed by atoms with van der Waals surface area (Å²) in [5.41, 5.74) is 6.11. The van der Waals surface area contributed by atoms with Crippen molar-refractivity contribution in [3.05, 3.63) is 35.6 Å². The second-order valence-corrected chi connectivity index (χ2v) is 5.63. The Morgan fingerprint density at radius 1 is 1.33 bits per heavy atom. The number of carbonyl (C=O) groups is 1. The Morgan fingerprint density at radius 3 is 2.61 bits per heavy atom. The molecule has 0 atom stereocenters. The molecule has 2 saturated carbocycles. The molecule has 0 saturated heterocycles. The number of rotatable bonds is 4. The summed E-state index contributed by atoms with van der Waals surface area (Å²) in [5, 5.41) is 2.92. The third-order valence-electron chi connectivity index (χ3n) is 4.12. The summed E-state index contributed by atoms with van der Waals surface area (Å²) in [6, 6.07) is 6.65. The van der Waals surface area contributed by atoms with E-state index >= 15 is 0 Å². The van der Waals surface area contributed by atoms with Crippen LogP contribution in [-0.4, -0.2) is 18.0 Å².